The van der Waals surface area contributed by atoms with E-state index in [1.807, 2.05) is 4.90 Å². The summed E-state index contributed by atoms with van der Waals surface area (Å²) in [5.74, 6) is 1.03. The molecule has 21 heavy (non-hydrogen) atoms. The van der Waals surface area contributed by atoms with Crippen LogP contribution in [0, 0.1) is 0 Å². The molecule has 1 amide bonds. The van der Waals surface area contributed by atoms with Gasteiger partial charge in [-0.15, -0.1) is 0 Å². The molecule has 3 rings (SSSR count). The molecule has 1 saturated heterocycles. The second-order valence-electron chi connectivity index (χ2n) is 4.53. The van der Waals surface area contributed by atoms with Crippen LogP contribution in [0.2, 0.25) is 0 Å². The number of hydrogen-bond acceptors (Lipinski definition) is 7. The summed E-state index contributed by atoms with van der Waals surface area (Å²) in [5.41, 5.74) is 0.334. The lowest BCUT2D eigenvalue weighted by molar-refractivity contribution is 0.0740. The van der Waals surface area contributed by atoms with Crippen molar-refractivity contribution in [2.75, 3.05) is 38.2 Å². The number of carbonyl (C=O) groups is 1. The van der Waals surface area contributed by atoms with Crippen molar-refractivity contribution in [2.45, 2.75) is 0 Å². The molecule has 9 heteroatoms. The number of piperazine rings is 1. The van der Waals surface area contributed by atoms with Gasteiger partial charge in [-0.2, -0.15) is 20.4 Å². The molecule has 1 aliphatic heterocycles. The fourth-order valence-electron chi connectivity index (χ4n) is 2.17. The zero-order valence-electron chi connectivity index (χ0n) is 11.6. The Morgan fingerprint density at radius 2 is 2.14 bits per heavy atom. The predicted molar refractivity (Wildman–Crippen MR) is 73.1 cm³/mol. The maximum absolute atomic E-state index is 12.1. The zero-order valence-corrected chi connectivity index (χ0v) is 11.6. The van der Waals surface area contributed by atoms with Crippen LogP contribution in [0.25, 0.3) is 0 Å². The standard InChI is InChI=1S/C12H15N7O2/c1-21-10-2-3-13-12(15-10)19-6-4-18(5-7-19)11(20)9-8-14-17-16-9/h2-3,8H,4-7H2,1H3,(H,14,16,17). The van der Waals surface area contributed by atoms with Gasteiger partial charge in [0.25, 0.3) is 5.91 Å². The molecule has 0 saturated carbocycles. The van der Waals surface area contributed by atoms with Gasteiger partial charge in [0.05, 0.1) is 13.3 Å². The average molecular weight is 289 g/mol. The molecule has 1 fully saturated rings. The molecule has 110 valence electrons. The number of methoxy groups -OCH3 is 1. The van der Waals surface area contributed by atoms with Crippen molar-refractivity contribution >= 4 is 11.9 Å². The number of aromatic nitrogens is 5. The minimum absolute atomic E-state index is 0.116. The van der Waals surface area contributed by atoms with E-state index in [1.54, 1.807) is 24.3 Å². The molecule has 0 spiro atoms. The van der Waals surface area contributed by atoms with Crippen LogP contribution in [0.15, 0.2) is 18.5 Å². The highest BCUT2D eigenvalue weighted by Gasteiger charge is 2.24. The van der Waals surface area contributed by atoms with E-state index in [-0.39, 0.29) is 5.91 Å². The van der Waals surface area contributed by atoms with Gasteiger partial charge in [-0.3, -0.25) is 4.79 Å². The number of rotatable bonds is 3. The topological polar surface area (TPSA) is 100 Å². The van der Waals surface area contributed by atoms with E-state index in [4.69, 9.17) is 4.74 Å². The van der Waals surface area contributed by atoms with Gasteiger partial charge in [-0.25, -0.2) is 4.98 Å². The number of carbonyl (C=O) groups excluding carboxylic acids is 1. The molecule has 2 aromatic rings. The number of ether oxygens (including phenoxy) is 1. The van der Waals surface area contributed by atoms with E-state index in [2.05, 4.69) is 25.4 Å². The lowest BCUT2D eigenvalue weighted by Gasteiger charge is -2.34. The Morgan fingerprint density at radius 1 is 1.33 bits per heavy atom. The Balaban J connectivity index is 1.63. The van der Waals surface area contributed by atoms with Crippen LogP contribution >= 0.6 is 0 Å². The first-order valence-corrected chi connectivity index (χ1v) is 6.55. The van der Waals surface area contributed by atoms with Gasteiger partial charge in [0.15, 0.2) is 5.69 Å². The maximum Gasteiger partial charge on any atom is 0.276 e. The first-order valence-electron chi connectivity index (χ1n) is 6.55. The third-order valence-corrected chi connectivity index (χ3v) is 3.31. The van der Waals surface area contributed by atoms with Crippen LogP contribution in [-0.2, 0) is 0 Å². The van der Waals surface area contributed by atoms with Crippen molar-refractivity contribution < 1.29 is 9.53 Å². The second kappa shape index (κ2) is 5.73. The number of nitrogens with zero attached hydrogens (tertiary/aromatic N) is 6. The van der Waals surface area contributed by atoms with Gasteiger partial charge < -0.3 is 14.5 Å². The van der Waals surface area contributed by atoms with E-state index < -0.39 is 0 Å². The highest BCUT2D eigenvalue weighted by molar-refractivity contribution is 5.92. The first kappa shape index (κ1) is 13.3. The van der Waals surface area contributed by atoms with Crippen LogP contribution in [0.3, 0.4) is 0 Å². The highest BCUT2D eigenvalue weighted by Crippen LogP contribution is 2.15. The first-order chi connectivity index (χ1) is 10.3. The Bertz CT molecular complexity index is 608. The van der Waals surface area contributed by atoms with E-state index in [9.17, 15) is 4.79 Å². The predicted octanol–water partition coefficient (Wildman–Crippen LogP) is -0.434. The fourth-order valence-corrected chi connectivity index (χ4v) is 2.17. The van der Waals surface area contributed by atoms with Crippen molar-refractivity contribution in [3.8, 4) is 5.88 Å². The summed E-state index contributed by atoms with van der Waals surface area (Å²) in [6, 6.07) is 1.70. The minimum Gasteiger partial charge on any atom is -0.481 e. The summed E-state index contributed by atoms with van der Waals surface area (Å²) in [6.07, 6.45) is 3.09. The van der Waals surface area contributed by atoms with Gasteiger partial charge in [0, 0.05) is 38.4 Å². The average Bonchev–Trinajstić information content (AvgIpc) is 3.09. The number of amides is 1. The van der Waals surface area contributed by atoms with Crippen molar-refractivity contribution in [1.82, 2.24) is 30.3 Å². The molecule has 1 aliphatic rings. The molecular weight excluding hydrogens is 274 g/mol. The molecule has 1 N–H and O–H groups in total. The largest absolute Gasteiger partial charge is 0.481 e. The van der Waals surface area contributed by atoms with Crippen LogP contribution < -0.4 is 9.64 Å². The van der Waals surface area contributed by atoms with E-state index in [1.165, 1.54) is 6.20 Å². The monoisotopic (exact) mass is 289 g/mol. The van der Waals surface area contributed by atoms with Crippen LogP contribution in [0.1, 0.15) is 10.5 Å². The zero-order chi connectivity index (χ0) is 14.7. The third-order valence-electron chi connectivity index (χ3n) is 3.31. The second-order valence-corrected chi connectivity index (χ2v) is 4.53. The van der Waals surface area contributed by atoms with Gasteiger partial charge in [-0.1, -0.05) is 0 Å². The molecule has 3 heterocycles. The Morgan fingerprint density at radius 3 is 2.81 bits per heavy atom. The number of nitrogens with one attached hydrogen (secondary N) is 1. The lowest BCUT2D eigenvalue weighted by atomic mass is 10.3. The Hall–Kier alpha value is -2.71. The van der Waals surface area contributed by atoms with Crippen molar-refractivity contribution in [3.05, 3.63) is 24.2 Å². The molecule has 0 aliphatic carbocycles. The summed E-state index contributed by atoms with van der Waals surface area (Å²) in [4.78, 5) is 24.4. The molecule has 0 atom stereocenters. The SMILES string of the molecule is COc1ccnc(N2CCN(C(=O)c3cn[nH]n3)CC2)n1. The van der Waals surface area contributed by atoms with E-state index in [0.717, 1.165) is 0 Å². The number of hydrogen-bond donors (Lipinski definition) is 1. The minimum atomic E-state index is -0.116. The van der Waals surface area contributed by atoms with E-state index >= 15 is 0 Å². The number of anilines is 1. The normalized spacial score (nSPS) is 15.1. The number of aromatic amines is 1. The lowest BCUT2D eigenvalue weighted by Crippen LogP contribution is -2.49. The molecule has 0 radical (unpaired) electrons. The maximum atomic E-state index is 12.1. The van der Waals surface area contributed by atoms with Crippen LogP contribution in [0.5, 0.6) is 5.88 Å². The summed E-state index contributed by atoms with van der Waals surface area (Å²) in [5, 5.41) is 9.91. The van der Waals surface area contributed by atoms with Crippen molar-refractivity contribution in [1.29, 1.82) is 0 Å². The van der Waals surface area contributed by atoms with E-state index in [0.29, 0.717) is 43.7 Å². The Labute approximate surface area is 120 Å². The van der Waals surface area contributed by atoms with Gasteiger partial charge in [0.1, 0.15) is 0 Å². The highest BCUT2D eigenvalue weighted by atomic mass is 16.5. The van der Waals surface area contributed by atoms with Gasteiger partial charge >= 0.3 is 0 Å². The van der Waals surface area contributed by atoms with Crippen LogP contribution in [-0.4, -0.2) is 69.5 Å². The third kappa shape index (κ3) is 2.76. The number of H-pyrrole nitrogens is 1. The molecule has 2 aromatic heterocycles. The molecule has 0 aromatic carbocycles. The van der Waals surface area contributed by atoms with Crippen molar-refractivity contribution in [2.24, 2.45) is 0 Å². The van der Waals surface area contributed by atoms with Gasteiger partial charge in [-0.05, 0) is 0 Å². The molecule has 0 bridgehead atoms. The fraction of sp³-hybridized carbons (Fsp3) is 0.417. The summed E-state index contributed by atoms with van der Waals surface area (Å²) in [7, 11) is 1.57. The molecule has 0 unspecified atom stereocenters. The summed E-state index contributed by atoms with van der Waals surface area (Å²) < 4.78 is 5.09. The summed E-state index contributed by atoms with van der Waals surface area (Å²) >= 11 is 0. The molecule has 9 nitrogen and oxygen atoms in total. The van der Waals surface area contributed by atoms with Crippen molar-refractivity contribution in [3.63, 3.8) is 0 Å². The Kier molecular flexibility index (Phi) is 3.63. The quantitative estimate of drug-likeness (QED) is 0.818. The molecular formula is C12H15N7O2. The van der Waals surface area contributed by atoms with Gasteiger partial charge in [0.2, 0.25) is 11.8 Å². The van der Waals surface area contributed by atoms with Crippen LogP contribution in [0.4, 0.5) is 5.95 Å². The smallest absolute Gasteiger partial charge is 0.276 e. The summed E-state index contributed by atoms with van der Waals surface area (Å²) in [6.45, 7) is 2.51.